The van der Waals surface area contributed by atoms with Crippen LogP contribution in [0.25, 0.3) is 21.5 Å². The van der Waals surface area contributed by atoms with Gasteiger partial charge in [-0.1, -0.05) is 6.07 Å². The van der Waals surface area contributed by atoms with Crippen LogP contribution in [0.15, 0.2) is 54.7 Å². The molecule has 2 heterocycles. The SMILES string of the molecule is Cc1nc(-c2ccc(F)cc2)sc1C(=O)Nc1ccc2cc[nH]c2c1. The summed E-state index contributed by atoms with van der Waals surface area (Å²) in [6.45, 7) is 1.80. The van der Waals surface area contributed by atoms with Gasteiger partial charge in [-0.3, -0.25) is 4.79 Å². The molecule has 6 heteroatoms. The summed E-state index contributed by atoms with van der Waals surface area (Å²) >= 11 is 1.30. The molecule has 0 atom stereocenters. The average Bonchev–Trinajstić information content (AvgIpc) is 3.21. The fraction of sp³-hybridized carbons (Fsp3) is 0.0526. The summed E-state index contributed by atoms with van der Waals surface area (Å²) in [5.74, 6) is -0.496. The minimum absolute atomic E-state index is 0.200. The number of hydrogen-bond donors (Lipinski definition) is 2. The van der Waals surface area contributed by atoms with Crippen molar-refractivity contribution in [3.63, 3.8) is 0 Å². The van der Waals surface area contributed by atoms with Gasteiger partial charge in [-0.15, -0.1) is 11.3 Å². The van der Waals surface area contributed by atoms with E-state index in [1.165, 1.54) is 23.5 Å². The molecule has 4 rings (SSSR count). The number of aromatic nitrogens is 2. The molecule has 25 heavy (non-hydrogen) atoms. The molecule has 4 aromatic rings. The van der Waals surface area contributed by atoms with Crippen molar-refractivity contribution in [1.29, 1.82) is 0 Å². The van der Waals surface area contributed by atoms with Crippen LogP contribution in [0.2, 0.25) is 0 Å². The Balaban J connectivity index is 1.60. The van der Waals surface area contributed by atoms with E-state index in [1.807, 2.05) is 30.5 Å². The average molecular weight is 351 g/mol. The molecule has 0 aliphatic carbocycles. The lowest BCUT2D eigenvalue weighted by Crippen LogP contribution is -2.11. The minimum Gasteiger partial charge on any atom is -0.361 e. The normalized spacial score (nSPS) is 11.0. The van der Waals surface area contributed by atoms with Gasteiger partial charge in [0.15, 0.2) is 0 Å². The molecule has 124 valence electrons. The van der Waals surface area contributed by atoms with Gasteiger partial charge in [0.1, 0.15) is 15.7 Å². The minimum atomic E-state index is -0.297. The number of aromatic amines is 1. The predicted octanol–water partition coefficient (Wildman–Crippen LogP) is 4.99. The Morgan fingerprint density at radius 3 is 2.76 bits per heavy atom. The summed E-state index contributed by atoms with van der Waals surface area (Å²) in [6, 6.07) is 13.8. The number of halogens is 1. The number of hydrogen-bond acceptors (Lipinski definition) is 3. The highest BCUT2D eigenvalue weighted by Crippen LogP contribution is 2.29. The molecule has 0 aliphatic rings. The van der Waals surface area contributed by atoms with Gasteiger partial charge in [-0.25, -0.2) is 9.37 Å². The van der Waals surface area contributed by atoms with Gasteiger partial charge in [-0.2, -0.15) is 0 Å². The maximum atomic E-state index is 13.1. The van der Waals surface area contributed by atoms with E-state index < -0.39 is 0 Å². The molecule has 0 bridgehead atoms. The molecular weight excluding hydrogens is 337 g/mol. The highest BCUT2D eigenvalue weighted by molar-refractivity contribution is 7.17. The zero-order valence-corrected chi connectivity index (χ0v) is 14.2. The molecule has 0 aliphatic heterocycles. The Kier molecular flexibility index (Phi) is 3.82. The van der Waals surface area contributed by atoms with Crippen LogP contribution in [0.5, 0.6) is 0 Å². The van der Waals surface area contributed by atoms with E-state index in [1.54, 1.807) is 19.1 Å². The molecule has 0 fully saturated rings. The van der Waals surface area contributed by atoms with Crippen molar-refractivity contribution in [2.45, 2.75) is 6.92 Å². The second-order valence-electron chi connectivity index (χ2n) is 5.67. The maximum absolute atomic E-state index is 13.1. The number of aryl methyl sites for hydroxylation is 1. The number of nitrogens with zero attached hydrogens (tertiary/aromatic N) is 1. The van der Waals surface area contributed by atoms with E-state index in [4.69, 9.17) is 0 Å². The van der Waals surface area contributed by atoms with Gasteiger partial charge >= 0.3 is 0 Å². The Bertz CT molecular complexity index is 1070. The molecule has 1 amide bonds. The number of carbonyl (C=O) groups excluding carboxylic acids is 1. The van der Waals surface area contributed by atoms with Gasteiger partial charge < -0.3 is 10.3 Å². The van der Waals surface area contributed by atoms with Crippen LogP contribution < -0.4 is 5.32 Å². The highest BCUT2D eigenvalue weighted by Gasteiger charge is 2.16. The number of thiazole rings is 1. The van der Waals surface area contributed by atoms with Crippen molar-refractivity contribution in [2.24, 2.45) is 0 Å². The lowest BCUT2D eigenvalue weighted by atomic mass is 10.2. The Morgan fingerprint density at radius 1 is 1.16 bits per heavy atom. The van der Waals surface area contributed by atoms with Crippen LogP contribution >= 0.6 is 11.3 Å². The number of benzene rings is 2. The van der Waals surface area contributed by atoms with Crippen LogP contribution in [-0.4, -0.2) is 15.9 Å². The van der Waals surface area contributed by atoms with Crippen LogP contribution in [-0.2, 0) is 0 Å². The number of anilines is 1. The van der Waals surface area contributed by atoms with Gasteiger partial charge in [0.25, 0.3) is 5.91 Å². The monoisotopic (exact) mass is 351 g/mol. The topological polar surface area (TPSA) is 57.8 Å². The smallest absolute Gasteiger partial charge is 0.267 e. The number of fused-ring (bicyclic) bond motifs is 1. The van der Waals surface area contributed by atoms with Crippen molar-refractivity contribution in [2.75, 3.05) is 5.32 Å². The standard InChI is InChI=1S/C19H14FN3OS/c1-11-17(25-19(22-11)13-2-5-14(20)6-3-13)18(24)23-15-7-4-12-8-9-21-16(12)10-15/h2-10,21H,1H3,(H,23,24). The molecule has 2 N–H and O–H groups in total. The first-order chi connectivity index (χ1) is 12.1. The van der Waals surface area contributed by atoms with E-state index in [9.17, 15) is 9.18 Å². The van der Waals surface area contributed by atoms with E-state index in [2.05, 4.69) is 15.3 Å². The maximum Gasteiger partial charge on any atom is 0.267 e. The summed E-state index contributed by atoms with van der Waals surface area (Å²) in [6.07, 6.45) is 1.86. The second-order valence-corrected chi connectivity index (χ2v) is 6.67. The quantitative estimate of drug-likeness (QED) is 0.546. The van der Waals surface area contributed by atoms with Crippen LogP contribution in [0, 0.1) is 12.7 Å². The second kappa shape index (κ2) is 6.14. The number of H-pyrrole nitrogens is 1. The first kappa shape index (κ1) is 15.5. The van der Waals surface area contributed by atoms with Crippen LogP contribution in [0.3, 0.4) is 0 Å². The Labute approximate surface area is 147 Å². The summed E-state index contributed by atoms with van der Waals surface area (Å²) < 4.78 is 13.1. The summed E-state index contributed by atoms with van der Waals surface area (Å²) in [5, 5.41) is 4.69. The molecule has 0 saturated heterocycles. The van der Waals surface area contributed by atoms with E-state index in [0.717, 1.165) is 22.2 Å². The fourth-order valence-corrected chi connectivity index (χ4v) is 3.60. The van der Waals surface area contributed by atoms with Crippen molar-refractivity contribution >= 4 is 33.8 Å². The number of nitrogens with one attached hydrogen (secondary N) is 2. The molecule has 0 spiro atoms. The van der Waals surface area contributed by atoms with Crippen LogP contribution in [0.4, 0.5) is 10.1 Å². The first-order valence-electron chi connectivity index (χ1n) is 7.72. The molecule has 2 aromatic carbocycles. The Hall–Kier alpha value is -2.99. The summed E-state index contributed by atoms with van der Waals surface area (Å²) in [4.78, 5) is 20.7. The van der Waals surface area contributed by atoms with Crippen molar-refractivity contribution < 1.29 is 9.18 Å². The number of amides is 1. The van der Waals surface area contributed by atoms with Gasteiger partial charge in [0, 0.05) is 23.0 Å². The van der Waals surface area contributed by atoms with E-state index >= 15 is 0 Å². The molecular formula is C19H14FN3OS. The van der Waals surface area contributed by atoms with Gasteiger partial charge in [-0.05, 0) is 54.8 Å². The Morgan fingerprint density at radius 2 is 1.96 bits per heavy atom. The molecule has 4 nitrogen and oxygen atoms in total. The third-order valence-corrected chi connectivity index (χ3v) is 5.11. The molecule has 2 aromatic heterocycles. The fourth-order valence-electron chi connectivity index (χ4n) is 2.64. The first-order valence-corrected chi connectivity index (χ1v) is 8.54. The van der Waals surface area contributed by atoms with Gasteiger partial charge in [0.2, 0.25) is 0 Å². The van der Waals surface area contributed by atoms with Crippen LogP contribution in [0.1, 0.15) is 15.4 Å². The third kappa shape index (κ3) is 3.04. The number of rotatable bonds is 3. The molecule has 0 unspecified atom stereocenters. The third-order valence-electron chi connectivity index (χ3n) is 3.91. The summed E-state index contributed by atoms with van der Waals surface area (Å²) in [7, 11) is 0. The number of carbonyl (C=O) groups is 1. The van der Waals surface area contributed by atoms with Gasteiger partial charge in [0.05, 0.1) is 5.69 Å². The van der Waals surface area contributed by atoms with Crippen molar-refractivity contribution in [3.05, 3.63) is 71.1 Å². The predicted molar refractivity (Wildman–Crippen MR) is 98.5 cm³/mol. The van der Waals surface area contributed by atoms with E-state index in [0.29, 0.717) is 15.6 Å². The lowest BCUT2D eigenvalue weighted by Gasteiger charge is -2.04. The highest BCUT2D eigenvalue weighted by atomic mass is 32.1. The molecule has 0 saturated carbocycles. The zero-order valence-electron chi connectivity index (χ0n) is 13.3. The van der Waals surface area contributed by atoms with E-state index in [-0.39, 0.29) is 11.7 Å². The van der Waals surface area contributed by atoms with Crippen molar-refractivity contribution in [3.8, 4) is 10.6 Å². The lowest BCUT2D eigenvalue weighted by molar-refractivity contribution is 0.103. The zero-order chi connectivity index (χ0) is 17.4. The largest absolute Gasteiger partial charge is 0.361 e. The summed E-state index contributed by atoms with van der Waals surface area (Å²) in [5.41, 5.74) is 3.13. The van der Waals surface area contributed by atoms with Crippen molar-refractivity contribution in [1.82, 2.24) is 9.97 Å². The molecule has 0 radical (unpaired) electrons.